The van der Waals surface area contributed by atoms with Crippen molar-refractivity contribution in [1.29, 1.82) is 0 Å². The summed E-state index contributed by atoms with van der Waals surface area (Å²) in [4.78, 5) is 15.1. The minimum absolute atomic E-state index is 0.0345. The number of carbonyl (C=O) groups is 1. The second-order valence-electron chi connectivity index (χ2n) is 7.00. The standard InChI is InChI=1S/C24H21N3O4S/c1-16-6-3-4-7-18(16)14-25-26-24-27(15-19-8-5-11-31-19)23(29)22(32-24)13-17-9-10-20(28)21(12-17)30-2/h3-14,28H,15H2,1-2H3/b22-13-,25-14-,26-24+. The van der Waals surface area contributed by atoms with Crippen LogP contribution < -0.4 is 4.74 Å². The zero-order valence-corrected chi connectivity index (χ0v) is 18.4. The maximum Gasteiger partial charge on any atom is 0.267 e. The number of benzene rings is 2. The Hall–Kier alpha value is -3.78. The smallest absolute Gasteiger partial charge is 0.267 e. The fourth-order valence-electron chi connectivity index (χ4n) is 3.09. The Kier molecular flexibility index (Phi) is 6.42. The van der Waals surface area contributed by atoms with Crippen molar-refractivity contribution >= 4 is 35.1 Å². The SMILES string of the molecule is COc1cc(/C=C2\S/C(=N/N=C\c3ccccc3C)N(Cc3ccco3)C2=O)ccc1O. The minimum Gasteiger partial charge on any atom is -0.504 e. The molecule has 0 unspecified atom stereocenters. The van der Waals surface area contributed by atoms with E-state index >= 15 is 0 Å². The Bertz CT molecular complexity index is 1220. The molecule has 0 spiro atoms. The molecular weight excluding hydrogens is 426 g/mol. The molecule has 0 radical (unpaired) electrons. The number of aryl methyl sites for hydroxylation is 1. The van der Waals surface area contributed by atoms with Gasteiger partial charge in [-0.05, 0) is 65.7 Å². The van der Waals surface area contributed by atoms with E-state index in [1.54, 1.807) is 42.8 Å². The molecule has 1 amide bonds. The highest BCUT2D eigenvalue weighted by Crippen LogP contribution is 2.35. The summed E-state index contributed by atoms with van der Waals surface area (Å²) < 4.78 is 10.6. The van der Waals surface area contributed by atoms with Crippen LogP contribution in [0, 0.1) is 6.92 Å². The van der Waals surface area contributed by atoms with Crippen LogP contribution in [0.25, 0.3) is 6.08 Å². The lowest BCUT2D eigenvalue weighted by molar-refractivity contribution is -0.122. The van der Waals surface area contributed by atoms with Gasteiger partial charge in [-0.3, -0.25) is 9.69 Å². The zero-order valence-electron chi connectivity index (χ0n) is 17.6. The van der Waals surface area contributed by atoms with E-state index in [4.69, 9.17) is 9.15 Å². The van der Waals surface area contributed by atoms with E-state index in [9.17, 15) is 9.90 Å². The number of aromatic hydroxyl groups is 1. The zero-order chi connectivity index (χ0) is 22.5. The van der Waals surface area contributed by atoms with Crippen molar-refractivity contribution in [3.05, 3.63) is 88.2 Å². The molecule has 1 N–H and O–H groups in total. The van der Waals surface area contributed by atoms with Crippen LogP contribution in [0.15, 0.2) is 80.4 Å². The Morgan fingerprint density at radius 2 is 2.03 bits per heavy atom. The third-order valence-electron chi connectivity index (χ3n) is 4.81. The summed E-state index contributed by atoms with van der Waals surface area (Å²) in [7, 11) is 1.48. The van der Waals surface area contributed by atoms with Gasteiger partial charge in [-0.2, -0.15) is 5.10 Å². The van der Waals surface area contributed by atoms with Crippen molar-refractivity contribution in [1.82, 2.24) is 4.90 Å². The van der Waals surface area contributed by atoms with Crippen LogP contribution in [-0.4, -0.2) is 34.4 Å². The first kappa shape index (κ1) is 21.5. The number of rotatable bonds is 6. The molecule has 0 aliphatic carbocycles. The first-order valence-electron chi connectivity index (χ1n) is 9.82. The van der Waals surface area contributed by atoms with E-state index in [-0.39, 0.29) is 18.2 Å². The van der Waals surface area contributed by atoms with Crippen molar-refractivity contribution in [2.75, 3.05) is 7.11 Å². The fourth-order valence-corrected chi connectivity index (χ4v) is 4.02. The van der Waals surface area contributed by atoms with Crippen LogP contribution >= 0.6 is 11.8 Å². The van der Waals surface area contributed by atoms with Gasteiger partial charge in [0.1, 0.15) is 5.76 Å². The van der Waals surface area contributed by atoms with E-state index in [1.165, 1.54) is 29.8 Å². The maximum absolute atomic E-state index is 13.1. The van der Waals surface area contributed by atoms with Gasteiger partial charge >= 0.3 is 0 Å². The number of amides is 1. The molecule has 4 rings (SSSR count). The van der Waals surface area contributed by atoms with Gasteiger partial charge in [0.25, 0.3) is 5.91 Å². The number of hydrogen-bond donors (Lipinski definition) is 1. The molecule has 1 aliphatic rings. The number of carbonyl (C=O) groups excluding carboxylic acids is 1. The number of furan rings is 1. The van der Waals surface area contributed by atoms with Gasteiger partial charge in [0.2, 0.25) is 0 Å². The average molecular weight is 448 g/mol. The predicted molar refractivity (Wildman–Crippen MR) is 126 cm³/mol. The van der Waals surface area contributed by atoms with Crippen LogP contribution in [0.4, 0.5) is 0 Å². The van der Waals surface area contributed by atoms with Crippen molar-refractivity contribution in [2.45, 2.75) is 13.5 Å². The Morgan fingerprint density at radius 3 is 2.78 bits per heavy atom. The van der Waals surface area contributed by atoms with Gasteiger partial charge in [-0.15, -0.1) is 5.10 Å². The summed E-state index contributed by atoms with van der Waals surface area (Å²) in [5, 5.41) is 18.8. The maximum atomic E-state index is 13.1. The lowest BCUT2D eigenvalue weighted by Gasteiger charge is -2.12. The molecule has 162 valence electrons. The summed E-state index contributed by atoms with van der Waals surface area (Å²) in [5.74, 6) is 0.802. The molecule has 1 saturated heterocycles. The Balaban J connectivity index is 1.64. The van der Waals surface area contributed by atoms with Crippen molar-refractivity contribution in [2.24, 2.45) is 10.2 Å². The van der Waals surface area contributed by atoms with Crippen molar-refractivity contribution in [3.8, 4) is 11.5 Å². The monoisotopic (exact) mass is 447 g/mol. The second-order valence-corrected chi connectivity index (χ2v) is 8.01. The largest absolute Gasteiger partial charge is 0.504 e. The average Bonchev–Trinajstić information content (AvgIpc) is 3.41. The molecular formula is C24H21N3O4S. The molecule has 8 heteroatoms. The van der Waals surface area contributed by atoms with Crippen LogP contribution in [-0.2, 0) is 11.3 Å². The normalized spacial score (nSPS) is 16.6. The van der Waals surface area contributed by atoms with Gasteiger partial charge in [0, 0.05) is 0 Å². The molecule has 7 nitrogen and oxygen atoms in total. The van der Waals surface area contributed by atoms with Crippen molar-refractivity contribution < 1.29 is 19.1 Å². The van der Waals surface area contributed by atoms with Gasteiger partial charge in [-0.25, -0.2) is 0 Å². The van der Waals surface area contributed by atoms with E-state index in [2.05, 4.69) is 10.2 Å². The molecule has 3 aromatic rings. The second kappa shape index (κ2) is 9.57. The van der Waals surface area contributed by atoms with Gasteiger partial charge in [0.05, 0.1) is 31.0 Å². The molecule has 1 fully saturated rings. The predicted octanol–water partition coefficient (Wildman–Crippen LogP) is 4.81. The van der Waals surface area contributed by atoms with Crippen LogP contribution in [0.1, 0.15) is 22.5 Å². The number of ether oxygens (including phenoxy) is 1. The topological polar surface area (TPSA) is 87.6 Å². The summed E-state index contributed by atoms with van der Waals surface area (Å²) in [6, 6.07) is 16.3. The number of phenolic OH excluding ortho intramolecular Hbond substituents is 1. The molecule has 32 heavy (non-hydrogen) atoms. The van der Waals surface area contributed by atoms with Crippen LogP contribution in [0.2, 0.25) is 0 Å². The summed E-state index contributed by atoms with van der Waals surface area (Å²) in [5.41, 5.74) is 2.76. The number of thioether (sulfide) groups is 1. The third kappa shape index (κ3) is 4.76. The number of nitrogens with zero attached hydrogens (tertiary/aromatic N) is 3. The lowest BCUT2D eigenvalue weighted by Crippen LogP contribution is -2.28. The number of methoxy groups -OCH3 is 1. The van der Waals surface area contributed by atoms with E-state index in [0.717, 1.165) is 16.7 Å². The van der Waals surface area contributed by atoms with Crippen LogP contribution in [0.3, 0.4) is 0 Å². The molecule has 0 bridgehead atoms. The Labute approximate surface area is 189 Å². The number of hydrogen-bond acceptors (Lipinski definition) is 7. The summed E-state index contributed by atoms with van der Waals surface area (Å²) in [6.45, 7) is 2.24. The van der Waals surface area contributed by atoms with Gasteiger partial charge in [0.15, 0.2) is 16.7 Å². The minimum atomic E-state index is -0.205. The molecule has 2 aromatic carbocycles. The number of phenols is 1. The van der Waals surface area contributed by atoms with E-state index < -0.39 is 0 Å². The molecule has 0 saturated carbocycles. The van der Waals surface area contributed by atoms with E-state index in [0.29, 0.717) is 21.6 Å². The van der Waals surface area contributed by atoms with Crippen molar-refractivity contribution in [3.63, 3.8) is 0 Å². The highest BCUT2D eigenvalue weighted by molar-refractivity contribution is 8.18. The summed E-state index contributed by atoms with van der Waals surface area (Å²) in [6.07, 6.45) is 4.97. The first-order valence-corrected chi connectivity index (χ1v) is 10.6. The number of amidine groups is 1. The lowest BCUT2D eigenvalue weighted by atomic mass is 10.1. The third-order valence-corrected chi connectivity index (χ3v) is 5.81. The van der Waals surface area contributed by atoms with Gasteiger partial charge < -0.3 is 14.3 Å². The summed E-state index contributed by atoms with van der Waals surface area (Å²) >= 11 is 1.23. The van der Waals surface area contributed by atoms with Gasteiger partial charge in [-0.1, -0.05) is 30.3 Å². The molecule has 0 atom stereocenters. The molecule has 2 heterocycles. The van der Waals surface area contributed by atoms with Crippen LogP contribution in [0.5, 0.6) is 11.5 Å². The Morgan fingerprint density at radius 1 is 1.19 bits per heavy atom. The highest BCUT2D eigenvalue weighted by atomic mass is 32.2. The first-order chi connectivity index (χ1) is 15.5. The van der Waals surface area contributed by atoms with E-state index in [1.807, 2.05) is 31.2 Å². The molecule has 1 aliphatic heterocycles. The molecule has 1 aromatic heterocycles. The quantitative estimate of drug-likeness (QED) is 0.333. The highest BCUT2D eigenvalue weighted by Gasteiger charge is 2.34. The fraction of sp³-hybridized carbons (Fsp3) is 0.125.